The summed E-state index contributed by atoms with van der Waals surface area (Å²) in [6.07, 6.45) is 15.3. The minimum atomic E-state index is -1.10. The van der Waals surface area contributed by atoms with E-state index in [4.69, 9.17) is 15.2 Å². The number of hydrogen-bond donors (Lipinski definition) is 2. The molecule has 9 aliphatic heterocycles. The van der Waals surface area contributed by atoms with Gasteiger partial charge in [-0.25, -0.2) is 4.79 Å². The van der Waals surface area contributed by atoms with Crippen LogP contribution in [0.2, 0.25) is 0 Å². The third-order valence-electron chi connectivity index (χ3n) is 16.0. The Labute approximate surface area is 315 Å². The van der Waals surface area contributed by atoms with Gasteiger partial charge in [0.1, 0.15) is 11.2 Å². The van der Waals surface area contributed by atoms with Crippen LogP contribution in [-0.4, -0.2) is 65.1 Å². The average molecular weight is 722 g/mol. The van der Waals surface area contributed by atoms with Crippen LogP contribution in [0.15, 0.2) is 52.6 Å². The molecule has 1 aromatic rings. The Kier molecular flexibility index (Phi) is 7.92. The highest BCUT2D eigenvalue weighted by Crippen LogP contribution is 2.85. The Bertz CT molecular complexity index is 1850. The van der Waals surface area contributed by atoms with Crippen molar-refractivity contribution in [3.63, 3.8) is 0 Å². The van der Waals surface area contributed by atoms with Crippen molar-refractivity contribution in [1.82, 2.24) is 9.80 Å². The first kappa shape index (κ1) is 34.4. The number of aliphatic hydroxyl groups is 1. The van der Waals surface area contributed by atoms with E-state index in [2.05, 4.69) is 48.8 Å². The van der Waals surface area contributed by atoms with Gasteiger partial charge in [-0.15, -0.1) is 0 Å². The van der Waals surface area contributed by atoms with Crippen LogP contribution >= 0.6 is 0 Å². The van der Waals surface area contributed by atoms with E-state index in [0.717, 1.165) is 69.3 Å². The molecule has 3 N–H and O–H groups in total. The average Bonchev–Trinajstić information content (AvgIpc) is 3.60. The summed E-state index contributed by atoms with van der Waals surface area (Å²) in [4.78, 5) is 35.0. The fourth-order valence-electron chi connectivity index (χ4n) is 14.4. The number of rotatable bonds is 7. The molecule has 3 aliphatic carbocycles. The molecule has 0 aromatic heterocycles. The minimum absolute atomic E-state index is 0.152. The molecule has 53 heavy (non-hydrogen) atoms. The quantitative estimate of drug-likeness (QED) is 0.218. The number of fused-ring (bicyclic) bond motifs is 2. The highest BCUT2D eigenvalue weighted by atomic mass is 16.6. The molecule has 284 valence electrons. The molecule has 1 saturated carbocycles. The Morgan fingerprint density at radius 2 is 1.89 bits per heavy atom. The standard InChI is InChI=1S/C45H59N3O5/c1-4-8-32-21-36(49)40-44-16-15-30(33-19-26(3)18-29-13-14-35-31-20-27(23-47(32)25-31)24-48(35)39(29)33)22-43(44,42(51)52-40)37(9-5-2)45(44)34-12-6-10-28(11-7-17-46)38(34)41(50)53-45/h6,10,12,22,26-27,31-33,35,37,49H,4-5,7-9,11,13-21,23-25,46H2,1-3H3/b40-36-/t26-,27-,31+,32-,33-,35+,37+,43+,44-,45-/m1/s1. The van der Waals surface area contributed by atoms with Gasteiger partial charge in [0.15, 0.2) is 11.4 Å². The summed E-state index contributed by atoms with van der Waals surface area (Å²) in [5.74, 6) is 1.83. The zero-order valence-corrected chi connectivity index (χ0v) is 32.1. The van der Waals surface area contributed by atoms with Gasteiger partial charge in [-0.2, -0.15) is 0 Å². The number of allylic oxidation sites excluding steroid dienone is 2. The summed E-state index contributed by atoms with van der Waals surface area (Å²) in [6, 6.07) is 6.87. The van der Waals surface area contributed by atoms with E-state index in [0.29, 0.717) is 67.3 Å². The van der Waals surface area contributed by atoms with Crippen LogP contribution in [0.4, 0.5) is 0 Å². The topological polar surface area (TPSA) is 105 Å². The summed E-state index contributed by atoms with van der Waals surface area (Å²) in [7, 11) is 0. The van der Waals surface area contributed by atoms with Crippen LogP contribution in [0.1, 0.15) is 126 Å². The van der Waals surface area contributed by atoms with E-state index in [1.165, 1.54) is 31.3 Å². The SMILES string of the molecule is CCC[C@@H]1C/C(O)=C2/OC(=O)[C@@]34C=C(CC[C@@]23[C@]2(OC(=O)c3c(CCCN)cccc32)[C@H]4CCC)[C@H]2C[C@H](C)CC3=C2N2C[C@@H]4C[C@@H](CN1C4)[C@@H]2CC3. The van der Waals surface area contributed by atoms with Gasteiger partial charge in [-0.05, 0) is 100 Å². The number of aryl methyl sites for hydroxylation is 1. The molecule has 0 amide bonds. The van der Waals surface area contributed by atoms with E-state index in [1.54, 1.807) is 11.3 Å². The van der Waals surface area contributed by atoms with Crippen molar-refractivity contribution in [2.24, 2.45) is 46.2 Å². The monoisotopic (exact) mass is 721 g/mol. The smallest absolute Gasteiger partial charge is 0.339 e. The Hall–Kier alpha value is -3.10. The van der Waals surface area contributed by atoms with Crippen molar-refractivity contribution in [3.8, 4) is 0 Å². The van der Waals surface area contributed by atoms with Gasteiger partial charge >= 0.3 is 11.9 Å². The third-order valence-corrected chi connectivity index (χ3v) is 16.0. The van der Waals surface area contributed by atoms with Gasteiger partial charge in [-0.3, -0.25) is 9.69 Å². The lowest BCUT2D eigenvalue weighted by atomic mass is 9.31. The molecule has 9 heterocycles. The van der Waals surface area contributed by atoms with Crippen molar-refractivity contribution in [2.45, 2.75) is 128 Å². The van der Waals surface area contributed by atoms with Crippen molar-refractivity contribution >= 4 is 11.9 Å². The molecular weight excluding hydrogens is 663 g/mol. The molecule has 2 spiro atoms. The van der Waals surface area contributed by atoms with Crippen molar-refractivity contribution in [2.75, 3.05) is 26.2 Å². The van der Waals surface area contributed by atoms with Gasteiger partial charge in [0.2, 0.25) is 0 Å². The molecule has 10 bridgehead atoms. The van der Waals surface area contributed by atoms with E-state index in [9.17, 15) is 9.90 Å². The first-order valence-electron chi connectivity index (χ1n) is 21.4. The molecule has 1 unspecified atom stereocenters. The number of nitrogens with two attached hydrogens (primary N) is 1. The number of benzene rings is 1. The number of aliphatic hydroxyl groups excluding tert-OH is 1. The van der Waals surface area contributed by atoms with Crippen molar-refractivity contribution < 1.29 is 24.2 Å². The summed E-state index contributed by atoms with van der Waals surface area (Å²) < 4.78 is 13.5. The molecular formula is C45H59N3O5. The number of ether oxygens (including phenoxy) is 2. The van der Waals surface area contributed by atoms with E-state index in [1.807, 2.05) is 6.07 Å². The fraction of sp³-hybridized carbons (Fsp3) is 0.689. The summed E-state index contributed by atoms with van der Waals surface area (Å²) in [5.41, 5.74) is 9.98. The lowest BCUT2D eigenvalue weighted by Gasteiger charge is -2.69. The highest BCUT2D eigenvalue weighted by molar-refractivity contribution is 5.99. The van der Waals surface area contributed by atoms with Crippen LogP contribution in [0.3, 0.4) is 0 Å². The van der Waals surface area contributed by atoms with Crippen LogP contribution in [0, 0.1) is 40.4 Å². The first-order chi connectivity index (χ1) is 25.7. The van der Waals surface area contributed by atoms with Crippen LogP contribution < -0.4 is 5.73 Å². The summed E-state index contributed by atoms with van der Waals surface area (Å²) >= 11 is 0. The molecule has 8 heteroatoms. The summed E-state index contributed by atoms with van der Waals surface area (Å²) in [5, 5.41) is 12.6. The normalized spacial score (nSPS) is 43.2. The lowest BCUT2D eigenvalue weighted by molar-refractivity contribution is -0.272. The third kappa shape index (κ3) is 4.31. The van der Waals surface area contributed by atoms with Gasteiger partial charge in [0.25, 0.3) is 0 Å². The molecule has 11 atom stereocenters. The Morgan fingerprint density at radius 1 is 1.04 bits per heavy atom. The number of carbonyl (C=O) groups excluding carboxylic acids is 2. The van der Waals surface area contributed by atoms with E-state index >= 15 is 4.79 Å². The fourth-order valence-corrected chi connectivity index (χ4v) is 14.4. The zero-order chi connectivity index (χ0) is 36.4. The number of piperidine rings is 2. The van der Waals surface area contributed by atoms with Gasteiger partial charge in [0.05, 0.1) is 11.0 Å². The van der Waals surface area contributed by atoms with E-state index < -0.39 is 16.4 Å². The largest absolute Gasteiger partial charge is 0.509 e. The maximum absolute atomic E-state index is 15.1. The van der Waals surface area contributed by atoms with Crippen LogP contribution in [-0.2, 0) is 26.3 Å². The first-order valence-corrected chi connectivity index (χ1v) is 21.4. The lowest BCUT2D eigenvalue weighted by Crippen LogP contribution is -2.75. The summed E-state index contributed by atoms with van der Waals surface area (Å²) in [6.45, 7) is 10.6. The van der Waals surface area contributed by atoms with Gasteiger partial charge < -0.3 is 25.2 Å². The predicted octanol–water partition coefficient (Wildman–Crippen LogP) is 7.68. The predicted molar refractivity (Wildman–Crippen MR) is 202 cm³/mol. The molecule has 12 aliphatic rings. The molecule has 4 fully saturated rings. The highest BCUT2D eigenvalue weighted by Gasteiger charge is 2.91. The number of carbonyl (C=O) groups is 2. The van der Waals surface area contributed by atoms with Crippen molar-refractivity contribution in [3.05, 3.63) is 69.3 Å². The zero-order valence-electron chi connectivity index (χ0n) is 32.1. The van der Waals surface area contributed by atoms with Gasteiger partial charge in [-0.1, -0.05) is 69.0 Å². The second kappa shape index (κ2) is 12.2. The van der Waals surface area contributed by atoms with E-state index in [-0.39, 0.29) is 35.6 Å². The second-order valence-electron chi connectivity index (χ2n) is 18.7. The molecule has 8 nitrogen and oxygen atoms in total. The molecule has 3 saturated heterocycles. The van der Waals surface area contributed by atoms with Gasteiger partial charge in [0, 0.05) is 61.2 Å². The number of hydrogen-bond acceptors (Lipinski definition) is 8. The van der Waals surface area contributed by atoms with Crippen LogP contribution in [0.25, 0.3) is 0 Å². The minimum Gasteiger partial charge on any atom is -0.509 e. The van der Waals surface area contributed by atoms with Crippen LogP contribution in [0.5, 0.6) is 0 Å². The number of esters is 2. The Morgan fingerprint density at radius 3 is 2.70 bits per heavy atom. The van der Waals surface area contributed by atoms with Crippen molar-refractivity contribution in [1.29, 1.82) is 0 Å². The number of nitrogens with zero attached hydrogens (tertiary/aromatic N) is 2. The molecule has 1 aromatic carbocycles. The maximum Gasteiger partial charge on any atom is 0.339 e. The molecule has 13 rings (SSSR count). The Balaban J connectivity index is 1.23. The second-order valence-corrected chi connectivity index (χ2v) is 18.7. The maximum atomic E-state index is 15.1. The molecule has 0 radical (unpaired) electrons.